The monoisotopic (exact) mass is 481 g/mol. The Morgan fingerprint density at radius 1 is 1.21 bits per heavy atom. The maximum atomic E-state index is 13.9. The standard InChI is InChI=1S/C25H21ClFN3O4/c1-29-13-17(23(30(32)33)25(29)18-7-3-5-9-21(18)28-24(25)31)15-10-11-22(19(26)12-15)34-14-16-6-2-4-8-20(16)27/h2-12,17,23H,13-14H2,1H3,(H,28,31)/t17-,23+,25-/m1/s1. The van der Waals surface area contributed by atoms with Gasteiger partial charge in [-0.1, -0.05) is 54.1 Å². The van der Waals surface area contributed by atoms with Crippen molar-refractivity contribution in [1.82, 2.24) is 4.90 Å². The summed E-state index contributed by atoms with van der Waals surface area (Å²) in [5.74, 6) is -1.03. The Morgan fingerprint density at radius 3 is 2.68 bits per heavy atom. The second kappa shape index (κ2) is 8.38. The summed E-state index contributed by atoms with van der Waals surface area (Å²) in [6.45, 7) is 0.286. The maximum Gasteiger partial charge on any atom is 0.256 e. The van der Waals surface area contributed by atoms with Gasteiger partial charge in [0.15, 0.2) is 5.54 Å². The van der Waals surface area contributed by atoms with Crippen LogP contribution in [0.25, 0.3) is 0 Å². The van der Waals surface area contributed by atoms with Crippen LogP contribution in [0, 0.1) is 15.9 Å². The molecular weight excluding hydrogens is 461 g/mol. The molecule has 0 unspecified atom stereocenters. The number of fused-ring (bicyclic) bond motifs is 2. The van der Waals surface area contributed by atoms with E-state index in [-0.39, 0.29) is 22.4 Å². The number of carbonyl (C=O) groups excluding carboxylic acids is 1. The van der Waals surface area contributed by atoms with E-state index >= 15 is 0 Å². The smallest absolute Gasteiger partial charge is 0.256 e. The minimum atomic E-state index is -1.42. The van der Waals surface area contributed by atoms with Crippen LogP contribution in [0.5, 0.6) is 5.75 Å². The molecule has 3 aromatic carbocycles. The Kier molecular flexibility index (Phi) is 5.50. The fraction of sp³-hybridized carbons (Fsp3) is 0.240. The molecule has 9 heteroatoms. The van der Waals surface area contributed by atoms with Gasteiger partial charge in [-0.2, -0.15) is 0 Å². The molecule has 1 spiro atoms. The van der Waals surface area contributed by atoms with Crippen molar-refractivity contribution in [1.29, 1.82) is 0 Å². The highest BCUT2D eigenvalue weighted by molar-refractivity contribution is 6.32. The molecule has 2 aliphatic rings. The van der Waals surface area contributed by atoms with Gasteiger partial charge in [0.1, 0.15) is 18.2 Å². The number of nitrogens with zero attached hydrogens (tertiary/aromatic N) is 2. The van der Waals surface area contributed by atoms with Crippen LogP contribution in [0.2, 0.25) is 5.02 Å². The lowest BCUT2D eigenvalue weighted by molar-refractivity contribution is -0.534. The number of carbonyl (C=O) groups is 1. The van der Waals surface area contributed by atoms with Gasteiger partial charge in [-0.25, -0.2) is 4.39 Å². The highest BCUT2D eigenvalue weighted by Crippen LogP contribution is 2.52. The van der Waals surface area contributed by atoms with Gasteiger partial charge in [-0.05, 0) is 36.9 Å². The summed E-state index contributed by atoms with van der Waals surface area (Å²) in [5, 5.41) is 15.5. The van der Waals surface area contributed by atoms with Crippen molar-refractivity contribution in [3.8, 4) is 5.75 Å². The van der Waals surface area contributed by atoms with Gasteiger partial charge < -0.3 is 10.1 Å². The molecule has 1 saturated heterocycles. The molecule has 0 saturated carbocycles. The quantitative estimate of drug-likeness (QED) is 0.426. The van der Waals surface area contributed by atoms with Gasteiger partial charge in [0, 0.05) is 28.3 Å². The van der Waals surface area contributed by atoms with E-state index < -0.39 is 23.4 Å². The lowest BCUT2D eigenvalue weighted by Crippen LogP contribution is -2.54. The number of hydrogen-bond acceptors (Lipinski definition) is 5. The summed E-state index contributed by atoms with van der Waals surface area (Å²) in [6.07, 6.45) is 0. The van der Waals surface area contributed by atoms with Gasteiger partial charge in [-0.15, -0.1) is 0 Å². The normalized spacial score (nSPS) is 23.7. The first-order chi connectivity index (χ1) is 16.3. The third kappa shape index (κ3) is 3.33. The number of benzene rings is 3. The Morgan fingerprint density at radius 2 is 1.94 bits per heavy atom. The average molecular weight is 482 g/mol. The van der Waals surface area contributed by atoms with Gasteiger partial charge >= 0.3 is 0 Å². The number of likely N-dealkylation sites (tertiary alicyclic amines) is 1. The van der Waals surface area contributed by atoms with Crippen LogP contribution in [0.15, 0.2) is 66.7 Å². The van der Waals surface area contributed by atoms with E-state index in [1.165, 1.54) is 6.07 Å². The summed E-state index contributed by atoms with van der Waals surface area (Å²) < 4.78 is 19.6. The third-order valence-electron chi connectivity index (χ3n) is 6.77. The molecule has 1 N–H and O–H groups in total. The molecule has 0 bridgehead atoms. The van der Waals surface area contributed by atoms with Gasteiger partial charge in [-0.3, -0.25) is 19.8 Å². The maximum absolute atomic E-state index is 13.9. The topological polar surface area (TPSA) is 84.7 Å². The van der Waals surface area contributed by atoms with E-state index in [9.17, 15) is 19.3 Å². The first-order valence-electron chi connectivity index (χ1n) is 10.8. The molecule has 0 aliphatic carbocycles. The van der Waals surface area contributed by atoms with Gasteiger partial charge in [0.25, 0.3) is 11.9 Å². The molecule has 2 heterocycles. The Bertz CT molecular complexity index is 1300. The molecule has 174 valence electrons. The zero-order valence-electron chi connectivity index (χ0n) is 18.2. The molecule has 3 aromatic rings. The van der Waals surface area contributed by atoms with E-state index in [2.05, 4.69) is 5.32 Å². The van der Waals surface area contributed by atoms with Crippen molar-refractivity contribution < 1.29 is 18.8 Å². The lowest BCUT2D eigenvalue weighted by Gasteiger charge is -2.30. The number of rotatable bonds is 5. The van der Waals surface area contributed by atoms with Crippen molar-refractivity contribution in [3.05, 3.63) is 104 Å². The minimum absolute atomic E-state index is 0.00447. The second-order valence-electron chi connectivity index (χ2n) is 8.55. The zero-order chi connectivity index (χ0) is 24.0. The first-order valence-corrected chi connectivity index (χ1v) is 11.1. The fourth-order valence-corrected chi connectivity index (χ4v) is 5.46. The van der Waals surface area contributed by atoms with Crippen LogP contribution in [-0.2, 0) is 16.9 Å². The number of nitro groups is 1. The molecule has 5 rings (SSSR count). The number of hydrogen-bond donors (Lipinski definition) is 1. The van der Waals surface area contributed by atoms with Crippen LogP contribution in [-0.4, -0.2) is 35.4 Å². The number of para-hydroxylation sites is 1. The minimum Gasteiger partial charge on any atom is -0.487 e. The second-order valence-corrected chi connectivity index (χ2v) is 8.96. The molecule has 1 amide bonds. The molecule has 2 aliphatic heterocycles. The number of halogens is 2. The largest absolute Gasteiger partial charge is 0.487 e. The molecule has 0 aromatic heterocycles. The molecule has 0 radical (unpaired) electrons. The van der Waals surface area contributed by atoms with Gasteiger partial charge in [0.2, 0.25) is 0 Å². The summed E-state index contributed by atoms with van der Waals surface area (Å²) in [5.41, 5.74) is 0.786. The number of amides is 1. The van der Waals surface area contributed by atoms with E-state index in [1.807, 2.05) is 0 Å². The van der Waals surface area contributed by atoms with Crippen LogP contribution >= 0.6 is 11.6 Å². The molecule has 7 nitrogen and oxygen atoms in total. The number of anilines is 1. The van der Waals surface area contributed by atoms with Gasteiger partial charge in [0.05, 0.1) is 10.9 Å². The molecule has 1 fully saturated rings. The predicted molar refractivity (Wildman–Crippen MR) is 125 cm³/mol. The average Bonchev–Trinajstić information content (AvgIpc) is 3.29. The van der Waals surface area contributed by atoms with E-state index in [0.29, 0.717) is 34.7 Å². The molecule has 34 heavy (non-hydrogen) atoms. The first kappa shape index (κ1) is 22.3. The summed E-state index contributed by atoms with van der Waals surface area (Å²) in [7, 11) is 1.73. The Hall–Kier alpha value is -3.49. The Balaban J connectivity index is 1.47. The number of nitrogens with one attached hydrogen (secondary N) is 1. The predicted octanol–water partition coefficient (Wildman–Crippen LogP) is 4.58. The number of ether oxygens (including phenoxy) is 1. The zero-order valence-corrected chi connectivity index (χ0v) is 19.0. The third-order valence-corrected chi connectivity index (χ3v) is 7.06. The summed E-state index contributed by atoms with van der Waals surface area (Å²) in [6, 6.07) is 17.1. The van der Waals surface area contributed by atoms with Crippen molar-refractivity contribution >= 4 is 23.2 Å². The van der Waals surface area contributed by atoms with Crippen molar-refractivity contribution in [2.75, 3.05) is 18.9 Å². The van der Waals surface area contributed by atoms with Crippen molar-refractivity contribution in [3.63, 3.8) is 0 Å². The molecular formula is C25H21ClFN3O4. The lowest BCUT2D eigenvalue weighted by atomic mass is 9.79. The van der Waals surface area contributed by atoms with Crippen molar-refractivity contribution in [2.45, 2.75) is 24.1 Å². The van der Waals surface area contributed by atoms with E-state index in [4.69, 9.17) is 16.3 Å². The van der Waals surface area contributed by atoms with Crippen LogP contribution in [0.3, 0.4) is 0 Å². The highest BCUT2D eigenvalue weighted by Gasteiger charge is 2.68. The SMILES string of the molecule is CN1C[C@H](c2ccc(OCc3ccccc3F)c(Cl)c2)[C@H]([N+](=O)[O-])[C@]12C(=O)Nc1ccccc12. The highest BCUT2D eigenvalue weighted by atomic mass is 35.5. The van der Waals surface area contributed by atoms with Crippen LogP contribution in [0.1, 0.15) is 22.6 Å². The summed E-state index contributed by atoms with van der Waals surface area (Å²) in [4.78, 5) is 27.0. The number of likely N-dealkylation sites (N-methyl/N-ethyl adjacent to an activating group) is 1. The van der Waals surface area contributed by atoms with Crippen LogP contribution < -0.4 is 10.1 Å². The van der Waals surface area contributed by atoms with Crippen molar-refractivity contribution in [2.24, 2.45) is 0 Å². The Labute approximate surface area is 200 Å². The fourth-order valence-electron chi connectivity index (χ4n) is 5.22. The van der Waals surface area contributed by atoms with E-state index in [0.717, 1.165) is 0 Å². The molecule has 3 atom stereocenters. The summed E-state index contributed by atoms with van der Waals surface area (Å²) >= 11 is 6.46. The van der Waals surface area contributed by atoms with E-state index in [1.54, 1.807) is 72.6 Å². The van der Waals surface area contributed by atoms with Crippen LogP contribution in [0.4, 0.5) is 10.1 Å².